The Morgan fingerprint density at radius 3 is 2.48 bits per heavy atom. The Hall–Kier alpha value is -0.490. The third-order valence-corrected chi connectivity index (χ3v) is 5.71. The van der Waals surface area contributed by atoms with Gasteiger partial charge in [0.1, 0.15) is 0 Å². The minimum absolute atomic E-state index is 0.186. The lowest BCUT2D eigenvalue weighted by atomic mass is 9.91. The van der Waals surface area contributed by atoms with E-state index in [1.807, 2.05) is 37.7 Å². The number of Topliss-reactive ketones (excluding diaryl/α,β-unsaturated/α-hetero) is 1. The number of benzene rings is 1. The Labute approximate surface area is 149 Å². The lowest BCUT2D eigenvalue weighted by Crippen LogP contribution is -2.54. The number of carbonyl (C=O) groups excluding carboxylic acids is 1. The molecule has 23 heavy (non-hydrogen) atoms. The van der Waals surface area contributed by atoms with Crippen molar-refractivity contribution in [3.8, 4) is 0 Å². The molecule has 1 heterocycles. The molecule has 1 fully saturated rings. The van der Waals surface area contributed by atoms with E-state index in [1.165, 1.54) is 11.3 Å². The summed E-state index contributed by atoms with van der Waals surface area (Å²) in [5, 5.41) is 0. The Kier molecular flexibility index (Phi) is 7.47. The third kappa shape index (κ3) is 5.24. The molecule has 3 nitrogen and oxygen atoms in total. The van der Waals surface area contributed by atoms with Gasteiger partial charge in [-0.2, -0.15) is 12.6 Å². The van der Waals surface area contributed by atoms with E-state index in [4.69, 9.17) is 4.74 Å². The zero-order chi connectivity index (χ0) is 16.7. The molecule has 0 amide bonds. The van der Waals surface area contributed by atoms with Gasteiger partial charge in [0.15, 0.2) is 5.78 Å². The first-order chi connectivity index (χ1) is 11.1. The van der Waals surface area contributed by atoms with Crippen LogP contribution < -0.4 is 0 Å². The van der Waals surface area contributed by atoms with Crippen LogP contribution >= 0.6 is 24.4 Å². The van der Waals surface area contributed by atoms with E-state index in [9.17, 15) is 4.79 Å². The van der Waals surface area contributed by atoms with Gasteiger partial charge in [-0.05, 0) is 50.3 Å². The van der Waals surface area contributed by atoms with Crippen LogP contribution in [-0.4, -0.2) is 54.0 Å². The number of thioether (sulfide) groups is 1. The van der Waals surface area contributed by atoms with E-state index in [0.717, 1.165) is 36.6 Å². The van der Waals surface area contributed by atoms with Crippen LogP contribution in [-0.2, 0) is 4.74 Å². The first-order valence-electron chi connectivity index (χ1n) is 8.27. The number of morpholine rings is 1. The summed E-state index contributed by atoms with van der Waals surface area (Å²) in [5.74, 6) is 2.24. The van der Waals surface area contributed by atoms with Crippen molar-refractivity contribution in [1.29, 1.82) is 0 Å². The fourth-order valence-corrected chi connectivity index (χ4v) is 3.86. The number of carbonyl (C=O) groups is 1. The molecule has 5 heteroatoms. The Morgan fingerprint density at radius 1 is 1.22 bits per heavy atom. The van der Waals surface area contributed by atoms with Gasteiger partial charge in [0.2, 0.25) is 0 Å². The van der Waals surface area contributed by atoms with Gasteiger partial charge in [-0.25, -0.2) is 0 Å². The number of thiol groups is 1. The number of nitrogens with zero attached hydrogens (tertiary/aromatic N) is 1. The highest BCUT2D eigenvalue weighted by atomic mass is 32.2. The number of hydrogen-bond donors (Lipinski definition) is 1. The van der Waals surface area contributed by atoms with Gasteiger partial charge in [-0.3, -0.25) is 9.69 Å². The topological polar surface area (TPSA) is 29.5 Å². The minimum atomic E-state index is -0.481. The standard InChI is InChI=1S/C18H27NO2S2/c1-18(2,19-9-11-21-12-10-19)17(20)15-5-7-16(8-6-15)23-14-4-3-13-22/h5-8,22H,3-4,9-14H2,1-2H3. The van der Waals surface area contributed by atoms with Gasteiger partial charge in [-0.15, -0.1) is 11.8 Å². The highest BCUT2D eigenvalue weighted by Crippen LogP contribution is 2.24. The largest absolute Gasteiger partial charge is 0.379 e. The Bertz CT molecular complexity index is 496. The summed E-state index contributed by atoms with van der Waals surface area (Å²) in [4.78, 5) is 16.3. The van der Waals surface area contributed by atoms with E-state index in [0.29, 0.717) is 13.2 Å². The summed E-state index contributed by atoms with van der Waals surface area (Å²) in [7, 11) is 0. The van der Waals surface area contributed by atoms with E-state index >= 15 is 0 Å². The lowest BCUT2D eigenvalue weighted by Gasteiger charge is -2.39. The normalized spacial score (nSPS) is 16.5. The quantitative estimate of drug-likeness (QED) is 0.333. The maximum atomic E-state index is 12.9. The van der Waals surface area contributed by atoms with Crippen molar-refractivity contribution < 1.29 is 9.53 Å². The van der Waals surface area contributed by atoms with Crippen LogP contribution in [0.4, 0.5) is 0 Å². The number of hydrogen-bond acceptors (Lipinski definition) is 5. The van der Waals surface area contributed by atoms with Gasteiger partial charge >= 0.3 is 0 Å². The molecule has 0 aromatic heterocycles. The molecule has 128 valence electrons. The molecule has 1 aliphatic rings. The first kappa shape index (κ1) is 18.8. The Balaban J connectivity index is 1.96. The van der Waals surface area contributed by atoms with Crippen LogP contribution in [0.1, 0.15) is 37.0 Å². The molecule has 0 unspecified atom stereocenters. The molecule has 0 N–H and O–H groups in total. The van der Waals surface area contributed by atoms with Gasteiger partial charge in [-0.1, -0.05) is 12.1 Å². The second kappa shape index (κ2) is 9.11. The van der Waals surface area contributed by atoms with E-state index in [-0.39, 0.29) is 5.78 Å². The van der Waals surface area contributed by atoms with Crippen molar-refractivity contribution in [3.05, 3.63) is 29.8 Å². The number of unbranched alkanes of at least 4 members (excludes halogenated alkanes) is 1. The van der Waals surface area contributed by atoms with Crippen LogP contribution in [0.5, 0.6) is 0 Å². The molecule has 1 aromatic carbocycles. The van der Waals surface area contributed by atoms with Gasteiger partial charge in [0.05, 0.1) is 18.8 Å². The second-order valence-corrected chi connectivity index (χ2v) is 7.91. The van der Waals surface area contributed by atoms with Crippen molar-refractivity contribution in [3.63, 3.8) is 0 Å². The molecule has 1 aromatic rings. The average molecular weight is 354 g/mol. The monoisotopic (exact) mass is 353 g/mol. The fourth-order valence-electron chi connectivity index (χ4n) is 2.73. The van der Waals surface area contributed by atoms with E-state index in [1.54, 1.807) is 0 Å². The van der Waals surface area contributed by atoms with Crippen molar-refractivity contribution in [1.82, 2.24) is 4.90 Å². The van der Waals surface area contributed by atoms with E-state index in [2.05, 4.69) is 29.7 Å². The van der Waals surface area contributed by atoms with E-state index < -0.39 is 5.54 Å². The molecule has 1 aliphatic heterocycles. The zero-order valence-corrected chi connectivity index (χ0v) is 15.8. The zero-order valence-electron chi connectivity index (χ0n) is 14.1. The summed E-state index contributed by atoms with van der Waals surface area (Å²) in [6.45, 7) is 7.08. The molecule has 0 atom stereocenters. The summed E-state index contributed by atoms with van der Waals surface area (Å²) >= 11 is 6.07. The van der Waals surface area contributed by atoms with Gasteiger partial charge in [0, 0.05) is 23.5 Å². The SMILES string of the molecule is CC(C)(C(=O)c1ccc(SCCCCS)cc1)N1CCOCC1. The molecular formula is C18H27NO2S2. The van der Waals surface area contributed by atoms with Crippen LogP contribution in [0.2, 0.25) is 0 Å². The first-order valence-corrected chi connectivity index (χ1v) is 9.89. The van der Waals surface area contributed by atoms with Gasteiger partial charge < -0.3 is 4.74 Å². The molecule has 0 aliphatic carbocycles. The van der Waals surface area contributed by atoms with Crippen molar-refractivity contribution in [2.45, 2.75) is 37.1 Å². The predicted octanol–water partition coefficient (Wildman–Crippen LogP) is 3.78. The summed E-state index contributed by atoms with van der Waals surface area (Å²) in [6, 6.07) is 8.05. The molecule has 0 saturated carbocycles. The Morgan fingerprint density at radius 2 is 1.87 bits per heavy atom. The summed E-state index contributed by atoms with van der Waals surface area (Å²) in [5.41, 5.74) is 0.312. The van der Waals surface area contributed by atoms with Crippen LogP contribution in [0, 0.1) is 0 Å². The summed E-state index contributed by atoms with van der Waals surface area (Å²) in [6.07, 6.45) is 2.33. The van der Waals surface area contributed by atoms with Crippen molar-refractivity contribution in [2.24, 2.45) is 0 Å². The maximum Gasteiger partial charge on any atom is 0.182 e. The molecule has 0 radical (unpaired) electrons. The minimum Gasteiger partial charge on any atom is -0.379 e. The molecule has 2 rings (SSSR count). The number of ether oxygens (including phenoxy) is 1. The van der Waals surface area contributed by atoms with Crippen LogP contribution in [0.3, 0.4) is 0 Å². The van der Waals surface area contributed by atoms with Crippen molar-refractivity contribution in [2.75, 3.05) is 37.8 Å². The van der Waals surface area contributed by atoms with Crippen LogP contribution in [0.25, 0.3) is 0 Å². The van der Waals surface area contributed by atoms with Gasteiger partial charge in [0.25, 0.3) is 0 Å². The number of rotatable bonds is 8. The summed E-state index contributed by atoms with van der Waals surface area (Å²) < 4.78 is 5.39. The average Bonchev–Trinajstić information content (AvgIpc) is 2.59. The fraction of sp³-hybridized carbons (Fsp3) is 0.611. The highest BCUT2D eigenvalue weighted by molar-refractivity contribution is 7.99. The third-order valence-electron chi connectivity index (χ3n) is 4.30. The molecule has 0 spiro atoms. The number of ketones is 1. The highest BCUT2D eigenvalue weighted by Gasteiger charge is 2.35. The van der Waals surface area contributed by atoms with Crippen molar-refractivity contribution >= 4 is 30.2 Å². The molecule has 1 saturated heterocycles. The smallest absolute Gasteiger partial charge is 0.182 e. The molecule has 0 bridgehead atoms. The molecular weight excluding hydrogens is 326 g/mol. The second-order valence-electron chi connectivity index (χ2n) is 6.29. The predicted molar refractivity (Wildman–Crippen MR) is 101 cm³/mol. The lowest BCUT2D eigenvalue weighted by molar-refractivity contribution is -0.00430. The van der Waals surface area contributed by atoms with Crippen LogP contribution in [0.15, 0.2) is 29.2 Å². The maximum absolute atomic E-state index is 12.9.